The molecule has 1 aromatic carbocycles. The molecular formula is C14H17BrN2OS. The SMILES string of the molecule is Cc1cc(Br)ccc1C(=O)N1CCCCC1C(N)=S. The fourth-order valence-electron chi connectivity index (χ4n) is 2.49. The van der Waals surface area contributed by atoms with Gasteiger partial charge in [0, 0.05) is 16.6 Å². The highest BCUT2D eigenvalue weighted by Crippen LogP contribution is 2.23. The molecule has 1 saturated heterocycles. The second kappa shape index (κ2) is 6.01. The summed E-state index contributed by atoms with van der Waals surface area (Å²) in [6.07, 6.45) is 2.96. The van der Waals surface area contributed by atoms with Gasteiger partial charge in [-0.25, -0.2) is 0 Å². The predicted octanol–water partition coefficient (Wildman–Crippen LogP) is 3.04. The Labute approximate surface area is 127 Å². The highest BCUT2D eigenvalue weighted by Gasteiger charge is 2.29. The first-order valence-corrected chi connectivity index (χ1v) is 7.57. The molecule has 3 nitrogen and oxygen atoms in total. The molecule has 0 saturated carbocycles. The van der Waals surface area contributed by atoms with E-state index >= 15 is 0 Å². The third kappa shape index (κ3) is 3.15. The van der Waals surface area contributed by atoms with Crippen LogP contribution in [0, 0.1) is 6.92 Å². The van der Waals surface area contributed by atoms with Crippen LogP contribution in [0.2, 0.25) is 0 Å². The number of hydrogen-bond acceptors (Lipinski definition) is 2. The number of halogens is 1. The molecule has 102 valence electrons. The summed E-state index contributed by atoms with van der Waals surface area (Å²) >= 11 is 8.50. The molecule has 2 N–H and O–H groups in total. The minimum absolute atomic E-state index is 0.0301. The van der Waals surface area contributed by atoms with Crippen molar-refractivity contribution in [3.8, 4) is 0 Å². The maximum atomic E-state index is 12.6. The van der Waals surface area contributed by atoms with E-state index in [0.29, 0.717) is 4.99 Å². The largest absolute Gasteiger partial charge is 0.392 e. The summed E-state index contributed by atoms with van der Waals surface area (Å²) in [6.45, 7) is 2.67. The number of hydrogen-bond donors (Lipinski definition) is 1. The number of rotatable bonds is 2. The molecule has 1 amide bonds. The number of aryl methyl sites for hydroxylation is 1. The third-order valence-corrected chi connectivity index (χ3v) is 4.28. The van der Waals surface area contributed by atoms with Crippen LogP contribution < -0.4 is 5.73 Å². The topological polar surface area (TPSA) is 46.3 Å². The molecule has 1 heterocycles. The Balaban J connectivity index is 2.28. The zero-order valence-corrected chi connectivity index (χ0v) is 13.3. The molecule has 1 atom stereocenters. The lowest BCUT2D eigenvalue weighted by Gasteiger charge is -2.35. The van der Waals surface area contributed by atoms with E-state index < -0.39 is 0 Å². The van der Waals surface area contributed by atoms with Crippen LogP contribution in [0.4, 0.5) is 0 Å². The van der Waals surface area contributed by atoms with Crippen molar-refractivity contribution in [1.82, 2.24) is 4.90 Å². The fraction of sp³-hybridized carbons (Fsp3) is 0.429. The smallest absolute Gasteiger partial charge is 0.254 e. The predicted molar refractivity (Wildman–Crippen MR) is 84.3 cm³/mol. The number of thiocarbonyl (C=S) groups is 1. The van der Waals surface area contributed by atoms with Crippen molar-refractivity contribution in [2.75, 3.05) is 6.54 Å². The Morgan fingerprint density at radius 3 is 2.84 bits per heavy atom. The molecule has 0 radical (unpaired) electrons. The van der Waals surface area contributed by atoms with Gasteiger partial charge < -0.3 is 10.6 Å². The first-order valence-electron chi connectivity index (χ1n) is 6.37. The molecule has 2 rings (SSSR count). The van der Waals surface area contributed by atoms with Crippen molar-refractivity contribution in [2.24, 2.45) is 5.73 Å². The summed E-state index contributed by atoms with van der Waals surface area (Å²) in [7, 11) is 0. The Hall–Kier alpha value is -0.940. The Kier molecular flexibility index (Phi) is 4.58. The summed E-state index contributed by atoms with van der Waals surface area (Å²) in [5.41, 5.74) is 7.46. The lowest BCUT2D eigenvalue weighted by atomic mass is 9.99. The van der Waals surface area contributed by atoms with Crippen LogP contribution in [0.25, 0.3) is 0 Å². The van der Waals surface area contributed by atoms with Crippen molar-refractivity contribution in [2.45, 2.75) is 32.2 Å². The first kappa shape index (κ1) is 14.5. The van der Waals surface area contributed by atoms with E-state index in [1.54, 1.807) is 0 Å². The number of carbonyl (C=O) groups excluding carboxylic acids is 1. The van der Waals surface area contributed by atoms with Gasteiger partial charge in [-0.15, -0.1) is 0 Å². The molecule has 1 aliphatic heterocycles. The summed E-state index contributed by atoms with van der Waals surface area (Å²) in [4.78, 5) is 14.9. The van der Waals surface area contributed by atoms with Crippen LogP contribution in [-0.4, -0.2) is 28.4 Å². The number of nitrogens with two attached hydrogens (primary N) is 1. The molecule has 0 aliphatic carbocycles. The third-order valence-electron chi connectivity index (χ3n) is 3.51. The lowest BCUT2D eigenvalue weighted by Crippen LogP contribution is -2.49. The quantitative estimate of drug-likeness (QED) is 0.841. The van der Waals surface area contributed by atoms with Crippen LogP contribution in [0.15, 0.2) is 22.7 Å². The zero-order chi connectivity index (χ0) is 14.0. The van der Waals surface area contributed by atoms with Gasteiger partial charge in [-0.05, 0) is 49.9 Å². The van der Waals surface area contributed by atoms with Gasteiger partial charge in [0.25, 0.3) is 5.91 Å². The number of likely N-dealkylation sites (tertiary alicyclic amines) is 1. The molecule has 0 bridgehead atoms. The molecular weight excluding hydrogens is 324 g/mol. The van der Waals surface area contributed by atoms with Gasteiger partial charge in [-0.3, -0.25) is 4.79 Å². The van der Waals surface area contributed by atoms with Crippen LogP contribution in [0.1, 0.15) is 35.2 Å². The van der Waals surface area contributed by atoms with Gasteiger partial charge in [0.15, 0.2) is 0 Å². The Bertz CT molecular complexity index is 518. The van der Waals surface area contributed by atoms with Crippen molar-refractivity contribution in [1.29, 1.82) is 0 Å². The van der Waals surface area contributed by atoms with Gasteiger partial charge in [-0.2, -0.15) is 0 Å². The van der Waals surface area contributed by atoms with Gasteiger partial charge in [-0.1, -0.05) is 28.1 Å². The second-order valence-corrected chi connectivity index (χ2v) is 6.26. The summed E-state index contributed by atoms with van der Waals surface area (Å²) in [5.74, 6) is 0.0301. The van der Waals surface area contributed by atoms with Crippen molar-refractivity contribution >= 4 is 39.0 Å². The number of piperidine rings is 1. The molecule has 1 aromatic rings. The second-order valence-electron chi connectivity index (χ2n) is 4.87. The van der Waals surface area contributed by atoms with Crippen molar-refractivity contribution < 1.29 is 4.79 Å². The molecule has 1 aliphatic rings. The molecule has 0 spiro atoms. The van der Waals surface area contributed by atoms with E-state index in [-0.39, 0.29) is 11.9 Å². The van der Waals surface area contributed by atoms with Gasteiger partial charge in [0.1, 0.15) is 0 Å². The molecule has 1 fully saturated rings. The lowest BCUT2D eigenvalue weighted by molar-refractivity contribution is 0.0681. The Morgan fingerprint density at radius 1 is 1.47 bits per heavy atom. The molecule has 5 heteroatoms. The van der Waals surface area contributed by atoms with E-state index in [4.69, 9.17) is 18.0 Å². The maximum absolute atomic E-state index is 12.6. The highest BCUT2D eigenvalue weighted by atomic mass is 79.9. The van der Waals surface area contributed by atoms with E-state index in [2.05, 4.69) is 15.9 Å². The normalized spacial score (nSPS) is 19.3. The average Bonchev–Trinajstić information content (AvgIpc) is 2.38. The van der Waals surface area contributed by atoms with E-state index in [0.717, 1.165) is 41.4 Å². The van der Waals surface area contributed by atoms with Crippen molar-refractivity contribution in [3.63, 3.8) is 0 Å². The number of carbonyl (C=O) groups is 1. The monoisotopic (exact) mass is 340 g/mol. The van der Waals surface area contributed by atoms with Gasteiger partial charge in [0.2, 0.25) is 0 Å². The van der Waals surface area contributed by atoms with Crippen LogP contribution >= 0.6 is 28.1 Å². The van der Waals surface area contributed by atoms with E-state index in [1.165, 1.54) is 0 Å². The number of amides is 1. The maximum Gasteiger partial charge on any atom is 0.254 e. The molecule has 19 heavy (non-hydrogen) atoms. The van der Waals surface area contributed by atoms with Crippen LogP contribution in [-0.2, 0) is 0 Å². The number of nitrogens with zero attached hydrogens (tertiary/aromatic N) is 1. The zero-order valence-electron chi connectivity index (χ0n) is 10.9. The minimum Gasteiger partial charge on any atom is -0.392 e. The van der Waals surface area contributed by atoms with Gasteiger partial charge >= 0.3 is 0 Å². The highest BCUT2D eigenvalue weighted by molar-refractivity contribution is 9.10. The summed E-state index contributed by atoms with van der Waals surface area (Å²) in [6, 6.07) is 5.60. The van der Waals surface area contributed by atoms with Crippen LogP contribution in [0.3, 0.4) is 0 Å². The van der Waals surface area contributed by atoms with Crippen LogP contribution in [0.5, 0.6) is 0 Å². The first-order chi connectivity index (χ1) is 9.00. The number of benzene rings is 1. The van der Waals surface area contributed by atoms with Crippen molar-refractivity contribution in [3.05, 3.63) is 33.8 Å². The minimum atomic E-state index is -0.0979. The Morgan fingerprint density at radius 2 is 2.21 bits per heavy atom. The summed E-state index contributed by atoms with van der Waals surface area (Å²) in [5, 5.41) is 0. The summed E-state index contributed by atoms with van der Waals surface area (Å²) < 4.78 is 0.978. The average molecular weight is 341 g/mol. The van der Waals surface area contributed by atoms with E-state index in [1.807, 2.05) is 30.0 Å². The molecule has 0 aromatic heterocycles. The van der Waals surface area contributed by atoms with E-state index in [9.17, 15) is 4.79 Å². The van der Waals surface area contributed by atoms with Gasteiger partial charge in [0.05, 0.1) is 11.0 Å². The standard InChI is InChI=1S/C14H17BrN2OS/c1-9-8-10(15)5-6-11(9)14(18)17-7-3-2-4-12(17)13(16)19/h5-6,8,12H,2-4,7H2,1H3,(H2,16,19). The molecule has 1 unspecified atom stereocenters. The fourth-order valence-corrected chi connectivity index (χ4v) is 3.21.